The zero-order chi connectivity index (χ0) is 14.1. The van der Waals surface area contributed by atoms with Gasteiger partial charge in [0.15, 0.2) is 0 Å². The zero-order valence-corrected chi connectivity index (χ0v) is 11.6. The lowest BCUT2D eigenvalue weighted by atomic mass is 9.97. The summed E-state index contributed by atoms with van der Waals surface area (Å²) in [7, 11) is 0. The Hall–Kier alpha value is -1.40. The van der Waals surface area contributed by atoms with E-state index in [1.165, 1.54) is 10.9 Å². The van der Waals surface area contributed by atoms with E-state index in [0.29, 0.717) is 25.1 Å². The molecule has 0 spiro atoms. The van der Waals surface area contributed by atoms with Crippen LogP contribution in [0.25, 0.3) is 0 Å². The number of aromatic nitrogens is 2. The zero-order valence-electron chi connectivity index (χ0n) is 11.6. The molecule has 0 aliphatic carbocycles. The quantitative estimate of drug-likeness (QED) is 0.833. The summed E-state index contributed by atoms with van der Waals surface area (Å²) < 4.78 is 6.55. The van der Waals surface area contributed by atoms with Crippen molar-refractivity contribution < 1.29 is 14.6 Å². The van der Waals surface area contributed by atoms with E-state index in [1.807, 2.05) is 20.8 Å². The maximum atomic E-state index is 11.8. The maximum Gasteiger partial charge on any atom is 0.419 e. The van der Waals surface area contributed by atoms with Crippen molar-refractivity contribution in [3.63, 3.8) is 0 Å². The molecule has 2 N–H and O–H groups in total. The van der Waals surface area contributed by atoms with Gasteiger partial charge in [0.05, 0.1) is 11.3 Å². The highest BCUT2D eigenvalue weighted by Gasteiger charge is 2.32. The first-order chi connectivity index (χ1) is 8.77. The lowest BCUT2D eigenvalue weighted by Crippen LogP contribution is -2.33. The Labute approximate surface area is 112 Å². The van der Waals surface area contributed by atoms with Gasteiger partial charge < -0.3 is 15.2 Å². The standard InChI is InChI=1S/C13H21N3O3/c1-12(2,3)19-11(17)16-7-10(15-9-16)6-13(18)4-5-14-8-13/h7,9,14,18H,4-6,8H2,1-3H3. The van der Waals surface area contributed by atoms with Crippen molar-refractivity contribution in [3.8, 4) is 0 Å². The van der Waals surface area contributed by atoms with Gasteiger partial charge in [0, 0.05) is 19.2 Å². The molecule has 2 rings (SSSR count). The Kier molecular flexibility index (Phi) is 3.64. The molecule has 0 radical (unpaired) electrons. The fraction of sp³-hybridized carbons (Fsp3) is 0.692. The molecular weight excluding hydrogens is 246 g/mol. The second-order valence-corrected chi connectivity index (χ2v) is 6.08. The summed E-state index contributed by atoms with van der Waals surface area (Å²) >= 11 is 0. The van der Waals surface area contributed by atoms with Crippen molar-refractivity contribution in [2.45, 2.75) is 44.8 Å². The number of hydrogen-bond acceptors (Lipinski definition) is 5. The van der Waals surface area contributed by atoms with Gasteiger partial charge in [-0.25, -0.2) is 14.3 Å². The minimum atomic E-state index is -0.757. The number of carbonyl (C=O) groups is 1. The average Bonchev–Trinajstić information content (AvgIpc) is 2.85. The number of aliphatic hydroxyl groups is 1. The van der Waals surface area contributed by atoms with E-state index in [4.69, 9.17) is 4.74 Å². The topological polar surface area (TPSA) is 76.4 Å². The molecule has 1 atom stereocenters. The van der Waals surface area contributed by atoms with Crippen molar-refractivity contribution >= 4 is 6.09 Å². The molecule has 1 aromatic rings. The number of nitrogens with zero attached hydrogens (tertiary/aromatic N) is 2. The summed E-state index contributed by atoms with van der Waals surface area (Å²) in [6.07, 6.45) is 3.73. The molecule has 2 heterocycles. The van der Waals surface area contributed by atoms with Gasteiger partial charge in [-0.2, -0.15) is 0 Å². The van der Waals surface area contributed by atoms with Gasteiger partial charge in [0.2, 0.25) is 0 Å². The molecule has 106 valence electrons. The van der Waals surface area contributed by atoms with Crippen molar-refractivity contribution in [3.05, 3.63) is 18.2 Å². The van der Waals surface area contributed by atoms with E-state index in [-0.39, 0.29) is 0 Å². The van der Waals surface area contributed by atoms with Crippen LogP contribution in [0.5, 0.6) is 0 Å². The first-order valence-electron chi connectivity index (χ1n) is 6.47. The number of ether oxygens (including phenoxy) is 1. The summed E-state index contributed by atoms with van der Waals surface area (Å²) in [5.74, 6) is 0. The molecular formula is C13H21N3O3. The van der Waals surface area contributed by atoms with Crippen LogP contribution in [0, 0.1) is 0 Å². The second kappa shape index (κ2) is 4.94. The lowest BCUT2D eigenvalue weighted by Gasteiger charge is -2.20. The summed E-state index contributed by atoms with van der Waals surface area (Å²) in [6, 6.07) is 0. The van der Waals surface area contributed by atoms with Crippen LogP contribution in [0.15, 0.2) is 12.5 Å². The fourth-order valence-electron chi connectivity index (χ4n) is 2.09. The summed E-state index contributed by atoms with van der Waals surface area (Å²) in [4.78, 5) is 16.0. The Morgan fingerprint density at radius 1 is 1.63 bits per heavy atom. The minimum Gasteiger partial charge on any atom is -0.443 e. The molecule has 1 aliphatic heterocycles. The van der Waals surface area contributed by atoms with Gasteiger partial charge in [-0.1, -0.05) is 0 Å². The third-order valence-electron chi connectivity index (χ3n) is 2.97. The molecule has 1 saturated heterocycles. The second-order valence-electron chi connectivity index (χ2n) is 6.08. The molecule has 0 bridgehead atoms. The summed E-state index contributed by atoms with van der Waals surface area (Å²) in [5.41, 5.74) is -0.598. The van der Waals surface area contributed by atoms with Gasteiger partial charge in [0.1, 0.15) is 11.9 Å². The number of rotatable bonds is 2. The van der Waals surface area contributed by atoms with Crippen molar-refractivity contribution in [2.24, 2.45) is 0 Å². The molecule has 0 aromatic carbocycles. The molecule has 6 nitrogen and oxygen atoms in total. The van der Waals surface area contributed by atoms with Gasteiger partial charge in [-0.3, -0.25) is 0 Å². The van der Waals surface area contributed by atoms with Crippen LogP contribution in [0.2, 0.25) is 0 Å². The fourth-order valence-corrected chi connectivity index (χ4v) is 2.09. The molecule has 19 heavy (non-hydrogen) atoms. The van der Waals surface area contributed by atoms with E-state index in [2.05, 4.69) is 10.3 Å². The van der Waals surface area contributed by atoms with Crippen molar-refractivity contribution in [2.75, 3.05) is 13.1 Å². The van der Waals surface area contributed by atoms with Crippen LogP contribution in [0.4, 0.5) is 4.79 Å². The Balaban J connectivity index is 2.01. The molecule has 1 aromatic heterocycles. The SMILES string of the molecule is CC(C)(C)OC(=O)n1cnc(CC2(O)CCNC2)c1. The minimum absolute atomic E-state index is 0.440. The van der Waals surface area contributed by atoms with Crippen LogP contribution in [-0.4, -0.2) is 45.0 Å². The van der Waals surface area contributed by atoms with Crippen LogP contribution in [-0.2, 0) is 11.2 Å². The predicted molar refractivity (Wildman–Crippen MR) is 70.0 cm³/mol. The molecule has 1 aliphatic rings. The highest BCUT2D eigenvalue weighted by atomic mass is 16.6. The average molecular weight is 267 g/mol. The maximum absolute atomic E-state index is 11.8. The Morgan fingerprint density at radius 3 is 2.95 bits per heavy atom. The normalized spacial score (nSPS) is 23.6. The number of imidazole rings is 1. The van der Waals surface area contributed by atoms with E-state index >= 15 is 0 Å². The first kappa shape index (κ1) is 14.0. The lowest BCUT2D eigenvalue weighted by molar-refractivity contribution is 0.0531. The van der Waals surface area contributed by atoms with Gasteiger partial charge >= 0.3 is 6.09 Å². The molecule has 6 heteroatoms. The van der Waals surface area contributed by atoms with Gasteiger partial charge in [0.25, 0.3) is 0 Å². The smallest absolute Gasteiger partial charge is 0.419 e. The third-order valence-corrected chi connectivity index (χ3v) is 2.97. The van der Waals surface area contributed by atoms with Gasteiger partial charge in [-0.05, 0) is 33.7 Å². The molecule has 1 unspecified atom stereocenters. The van der Waals surface area contributed by atoms with Crippen LogP contribution >= 0.6 is 0 Å². The van der Waals surface area contributed by atoms with Crippen LogP contribution in [0.3, 0.4) is 0 Å². The summed E-state index contributed by atoms with van der Waals surface area (Å²) in [6.45, 7) is 6.82. The molecule has 0 saturated carbocycles. The Morgan fingerprint density at radius 2 is 2.37 bits per heavy atom. The highest BCUT2D eigenvalue weighted by Crippen LogP contribution is 2.19. The third kappa shape index (κ3) is 3.78. The van der Waals surface area contributed by atoms with E-state index < -0.39 is 17.3 Å². The summed E-state index contributed by atoms with van der Waals surface area (Å²) in [5, 5.41) is 13.4. The number of hydrogen-bond donors (Lipinski definition) is 2. The first-order valence-corrected chi connectivity index (χ1v) is 6.47. The largest absolute Gasteiger partial charge is 0.443 e. The molecule has 0 amide bonds. The predicted octanol–water partition coefficient (Wildman–Crippen LogP) is 0.933. The van der Waals surface area contributed by atoms with Gasteiger partial charge in [-0.15, -0.1) is 0 Å². The van der Waals surface area contributed by atoms with Crippen LogP contribution in [0.1, 0.15) is 32.9 Å². The monoisotopic (exact) mass is 267 g/mol. The number of β-amino-alcohol motifs (C(OH)–C–C–N with tert-alkyl or cyclic N) is 1. The van der Waals surface area contributed by atoms with Crippen molar-refractivity contribution in [1.82, 2.24) is 14.9 Å². The number of carbonyl (C=O) groups excluding carboxylic acids is 1. The number of nitrogens with one attached hydrogen (secondary N) is 1. The van der Waals surface area contributed by atoms with Crippen molar-refractivity contribution in [1.29, 1.82) is 0 Å². The van der Waals surface area contributed by atoms with E-state index in [0.717, 1.165) is 6.54 Å². The van der Waals surface area contributed by atoms with E-state index in [9.17, 15) is 9.90 Å². The molecule has 1 fully saturated rings. The highest BCUT2D eigenvalue weighted by molar-refractivity contribution is 5.70. The van der Waals surface area contributed by atoms with Crippen LogP contribution < -0.4 is 5.32 Å². The van der Waals surface area contributed by atoms with E-state index in [1.54, 1.807) is 6.20 Å². The Bertz CT molecular complexity index is 456.